The Hall–Kier alpha value is -6.02. The largest absolute Gasteiger partial charge is 0.459 e. The smallest absolute Gasteiger partial charge is 0.415 e. The van der Waals surface area contributed by atoms with Gasteiger partial charge in [-0.15, -0.1) is 6.58 Å². The maximum absolute atomic E-state index is 14.6. The van der Waals surface area contributed by atoms with Gasteiger partial charge in [-0.1, -0.05) is 79.5 Å². The van der Waals surface area contributed by atoms with Crippen molar-refractivity contribution in [3.8, 4) is 34.1 Å². The molecule has 2 N–H and O–H groups in total. The van der Waals surface area contributed by atoms with Gasteiger partial charge in [0.15, 0.2) is 0 Å². The molecule has 1 saturated carbocycles. The summed E-state index contributed by atoms with van der Waals surface area (Å²) in [5.41, 5.74) is 4.58. The summed E-state index contributed by atoms with van der Waals surface area (Å²) in [5, 5.41) is 36.0. The standard InChI is InChI=1S/C51H59N3O10/c1-4-28-53(50(57)63-40-24-20-38(21-25-40)54(58)59)47-34-45(52-61-6-3)43-32-37(16-10-12-29-55)42(17-11-13-30-56)48-44-33-41(26-27-46(44)64-51(47,49(43)48)60-31-5-2)62-39-22-18-36(19-23-39)35-14-8-7-9-15-35/h5,7-9,14-15,18-27,32-33,37,42,47-49,55-56H,2,4,6,10-13,16-17,28-31,34H2,1,3H3. The van der Waals surface area contributed by atoms with E-state index in [1.54, 1.807) is 11.0 Å². The normalized spacial score (nSPS) is 22.6. The lowest BCUT2D eigenvalue weighted by Gasteiger charge is -2.59. The van der Waals surface area contributed by atoms with Gasteiger partial charge in [-0.25, -0.2) is 4.79 Å². The first kappa shape index (κ1) is 46.0. The van der Waals surface area contributed by atoms with Gasteiger partial charge < -0.3 is 34.0 Å². The molecule has 338 valence electrons. The number of allylic oxidation sites excluding steroid dienone is 1. The molecule has 1 aliphatic heterocycles. The molecule has 4 aromatic rings. The summed E-state index contributed by atoms with van der Waals surface area (Å²) in [5.74, 6) is -0.114. The molecule has 0 radical (unpaired) electrons. The Morgan fingerprint density at radius 1 is 0.922 bits per heavy atom. The van der Waals surface area contributed by atoms with Crippen LogP contribution in [0.1, 0.15) is 76.7 Å². The van der Waals surface area contributed by atoms with Crippen molar-refractivity contribution >= 4 is 17.5 Å². The molecule has 1 fully saturated rings. The van der Waals surface area contributed by atoms with Crippen LogP contribution in [0, 0.1) is 27.9 Å². The number of ether oxygens (including phenoxy) is 4. The number of aliphatic hydroxyl groups excluding tert-OH is 2. The number of amides is 1. The van der Waals surface area contributed by atoms with Crippen LogP contribution >= 0.6 is 0 Å². The predicted octanol–water partition coefficient (Wildman–Crippen LogP) is 10.6. The number of aliphatic hydroxyl groups is 2. The van der Waals surface area contributed by atoms with E-state index in [9.17, 15) is 25.1 Å². The molecule has 1 amide bonds. The third-order valence-electron chi connectivity index (χ3n) is 12.5. The Bertz CT molecular complexity index is 2260. The molecule has 13 nitrogen and oxygen atoms in total. The Labute approximate surface area is 375 Å². The second-order valence-electron chi connectivity index (χ2n) is 16.5. The van der Waals surface area contributed by atoms with E-state index >= 15 is 0 Å². The fourth-order valence-electron chi connectivity index (χ4n) is 9.75. The van der Waals surface area contributed by atoms with Gasteiger partial charge >= 0.3 is 6.09 Å². The van der Waals surface area contributed by atoms with Crippen molar-refractivity contribution in [2.75, 3.05) is 33.0 Å². The number of nitro groups is 1. The number of non-ortho nitro benzene ring substituents is 1. The van der Waals surface area contributed by atoms with Crippen LogP contribution in [-0.2, 0) is 9.57 Å². The zero-order valence-electron chi connectivity index (χ0n) is 36.7. The molecule has 0 saturated heterocycles. The van der Waals surface area contributed by atoms with Gasteiger partial charge in [0, 0.05) is 49.8 Å². The van der Waals surface area contributed by atoms with E-state index in [1.807, 2.05) is 68.4 Å². The Kier molecular flexibility index (Phi) is 15.5. The first-order valence-electron chi connectivity index (χ1n) is 22.5. The van der Waals surface area contributed by atoms with Crippen molar-refractivity contribution in [2.45, 2.75) is 83.0 Å². The van der Waals surface area contributed by atoms with Gasteiger partial charge in [0.2, 0.25) is 5.79 Å². The number of hydrogen-bond acceptors (Lipinski definition) is 11. The number of unbranched alkanes of at least 4 members (excludes halogenated alkanes) is 2. The monoisotopic (exact) mass is 873 g/mol. The van der Waals surface area contributed by atoms with E-state index < -0.39 is 28.8 Å². The molecule has 64 heavy (non-hydrogen) atoms. The zero-order chi connectivity index (χ0) is 45.1. The van der Waals surface area contributed by atoms with Crippen LogP contribution in [0.4, 0.5) is 10.5 Å². The molecular weight excluding hydrogens is 815 g/mol. The minimum atomic E-state index is -1.48. The molecule has 3 aliphatic rings. The lowest BCUT2D eigenvalue weighted by Crippen LogP contribution is -2.70. The summed E-state index contributed by atoms with van der Waals surface area (Å²) in [7, 11) is 0. The number of nitrogens with zero attached hydrogens (tertiary/aromatic N) is 3. The number of nitro benzene ring substituents is 1. The summed E-state index contributed by atoms with van der Waals surface area (Å²) in [6, 6.07) is 28.7. The van der Waals surface area contributed by atoms with Crippen molar-refractivity contribution in [3.63, 3.8) is 0 Å². The minimum Gasteiger partial charge on any atom is -0.459 e. The second kappa shape index (κ2) is 21.6. The van der Waals surface area contributed by atoms with Crippen LogP contribution in [0.3, 0.4) is 0 Å². The van der Waals surface area contributed by atoms with Crippen molar-refractivity contribution in [1.29, 1.82) is 0 Å². The van der Waals surface area contributed by atoms with Gasteiger partial charge in [0.25, 0.3) is 5.69 Å². The highest BCUT2D eigenvalue weighted by Gasteiger charge is 2.65. The summed E-state index contributed by atoms with van der Waals surface area (Å²) in [4.78, 5) is 33.0. The molecule has 2 aliphatic carbocycles. The molecule has 4 aromatic carbocycles. The van der Waals surface area contributed by atoms with E-state index in [-0.39, 0.29) is 62.0 Å². The Morgan fingerprint density at radius 2 is 1.61 bits per heavy atom. The second-order valence-corrected chi connectivity index (χ2v) is 16.5. The molecular formula is C51H59N3O10. The van der Waals surface area contributed by atoms with Crippen LogP contribution in [0.2, 0.25) is 0 Å². The summed E-state index contributed by atoms with van der Waals surface area (Å²) in [6.45, 7) is 8.71. The van der Waals surface area contributed by atoms with Crippen LogP contribution in [0.5, 0.6) is 23.0 Å². The van der Waals surface area contributed by atoms with Crippen molar-refractivity contribution < 1.29 is 43.7 Å². The van der Waals surface area contributed by atoms with E-state index in [1.165, 1.54) is 24.3 Å². The number of hydrogen-bond donors (Lipinski definition) is 2. The number of benzene rings is 4. The Balaban J connectivity index is 1.37. The zero-order valence-corrected chi connectivity index (χ0v) is 36.7. The average Bonchev–Trinajstić information content (AvgIpc) is 3.31. The third-order valence-corrected chi connectivity index (χ3v) is 12.5. The van der Waals surface area contributed by atoms with E-state index in [0.717, 1.165) is 47.9 Å². The van der Waals surface area contributed by atoms with Crippen molar-refractivity contribution in [1.82, 2.24) is 4.90 Å². The summed E-state index contributed by atoms with van der Waals surface area (Å²) < 4.78 is 26.9. The van der Waals surface area contributed by atoms with Gasteiger partial charge in [-0.3, -0.25) is 15.0 Å². The Morgan fingerprint density at radius 3 is 2.28 bits per heavy atom. The number of rotatable bonds is 21. The topological polar surface area (TPSA) is 162 Å². The average molecular weight is 874 g/mol. The van der Waals surface area contributed by atoms with E-state index in [2.05, 4.69) is 30.9 Å². The SMILES string of the molecule is C=CCOC12Oc3ccc(Oc4ccc(-c5ccccc5)cc4)cc3C3C(CCCCO)C(CCCCO)C=C(C(=NOCC)CC1N(CCC)C(=O)Oc1ccc([N+](=O)[O-])cc1)C32. The fourth-order valence-corrected chi connectivity index (χ4v) is 9.75. The van der Waals surface area contributed by atoms with Crippen LogP contribution in [-0.4, -0.2) is 76.6 Å². The fraction of sp³-hybridized carbons (Fsp3) is 0.412. The predicted molar refractivity (Wildman–Crippen MR) is 245 cm³/mol. The number of carbonyl (C=O) groups is 1. The summed E-state index contributed by atoms with van der Waals surface area (Å²) >= 11 is 0. The van der Waals surface area contributed by atoms with Crippen LogP contribution < -0.4 is 14.2 Å². The number of fused-ring (bicyclic) bond motifs is 2. The van der Waals surface area contributed by atoms with E-state index in [0.29, 0.717) is 48.8 Å². The molecule has 0 bridgehead atoms. The van der Waals surface area contributed by atoms with Crippen molar-refractivity contribution in [2.24, 2.45) is 22.9 Å². The third kappa shape index (κ3) is 10.0. The van der Waals surface area contributed by atoms with Crippen LogP contribution in [0.15, 0.2) is 127 Å². The van der Waals surface area contributed by atoms with Gasteiger partial charge in [-0.2, -0.15) is 0 Å². The maximum Gasteiger partial charge on any atom is 0.415 e. The molecule has 7 rings (SSSR count). The van der Waals surface area contributed by atoms with Crippen LogP contribution in [0.25, 0.3) is 11.1 Å². The number of carbonyl (C=O) groups excluding carboxylic acids is 1. The highest BCUT2D eigenvalue weighted by Crippen LogP contribution is 2.62. The first-order valence-corrected chi connectivity index (χ1v) is 22.5. The lowest BCUT2D eigenvalue weighted by molar-refractivity contribution is -0.384. The molecule has 1 heterocycles. The number of oxime groups is 1. The molecule has 6 unspecified atom stereocenters. The highest BCUT2D eigenvalue weighted by molar-refractivity contribution is 6.03. The molecule has 0 spiro atoms. The molecule has 0 aromatic heterocycles. The lowest BCUT2D eigenvalue weighted by atomic mass is 9.55. The highest BCUT2D eigenvalue weighted by atomic mass is 16.7. The van der Waals surface area contributed by atoms with Gasteiger partial charge in [-0.05, 0) is 110 Å². The molecule has 13 heteroatoms. The molecule has 6 atom stereocenters. The first-order chi connectivity index (χ1) is 31.2. The van der Waals surface area contributed by atoms with Crippen molar-refractivity contribution in [3.05, 3.63) is 137 Å². The summed E-state index contributed by atoms with van der Waals surface area (Å²) in [6.07, 6.45) is 8.54. The minimum absolute atomic E-state index is 0.0209. The quantitative estimate of drug-likeness (QED) is 0.0357. The van der Waals surface area contributed by atoms with E-state index in [4.69, 9.17) is 28.9 Å². The maximum atomic E-state index is 14.6. The van der Waals surface area contributed by atoms with Gasteiger partial charge in [0.05, 0.1) is 23.2 Å². The van der Waals surface area contributed by atoms with Gasteiger partial charge in [0.1, 0.15) is 35.6 Å².